The summed E-state index contributed by atoms with van der Waals surface area (Å²) in [5, 5.41) is 2.83. The number of ether oxygens (including phenoxy) is 1. The molecule has 0 bridgehead atoms. The predicted octanol–water partition coefficient (Wildman–Crippen LogP) is 3.60. The van der Waals surface area contributed by atoms with E-state index in [0.717, 1.165) is 5.56 Å². The maximum Gasteiger partial charge on any atom is 0.255 e. The molecular weight excluding hydrogens is 320 g/mol. The number of hydrogen-bond donors (Lipinski definition) is 2. The van der Waals surface area contributed by atoms with E-state index in [1.807, 2.05) is 19.1 Å². The quantitative estimate of drug-likeness (QED) is 0.843. The fraction of sp³-hybridized carbons (Fsp3) is 0.133. The molecule has 5 heteroatoms. The van der Waals surface area contributed by atoms with E-state index in [4.69, 9.17) is 10.5 Å². The number of nitrogen functional groups attached to an aromatic ring is 1. The molecule has 104 valence electrons. The lowest BCUT2D eigenvalue weighted by Gasteiger charge is -2.13. The van der Waals surface area contributed by atoms with E-state index in [1.165, 1.54) is 7.11 Å². The van der Waals surface area contributed by atoms with Crippen LogP contribution in [0.25, 0.3) is 0 Å². The number of amides is 1. The first-order chi connectivity index (χ1) is 9.51. The molecule has 0 saturated heterocycles. The van der Waals surface area contributed by atoms with Gasteiger partial charge in [-0.2, -0.15) is 0 Å². The van der Waals surface area contributed by atoms with Gasteiger partial charge in [0.15, 0.2) is 0 Å². The van der Waals surface area contributed by atoms with Crippen molar-refractivity contribution in [1.29, 1.82) is 0 Å². The number of benzene rings is 2. The molecule has 0 saturated carbocycles. The van der Waals surface area contributed by atoms with Crippen LogP contribution in [0.5, 0.6) is 5.75 Å². The van der Waals surface area contributed by atoms with Crippen molar-refractivity contribution in [3.63, 3.8) is 0 Å². The Morgan fingerprint density at radius 3 is 2.50 bits per heavy atom. The summed E-state index contributed by atoms with van der Waals surface area (Å²) < 4.78 is 5.91. The number of halogens is 1. The summed E-state index contributed by atoms with van der Waals surface area (Å²) in [6.07, 6.45) is 0. The number of hydrogen-bond acceptors (Lipinski definition) is 3. The highest BCUT2D eigenvalue weighted by Crippen LogP contribution is 2.35. The zero-order chi connectivity index (χ0) is 14.7. The van der Waals surface area contributed by atoms with Crippen molar-refractivity contribution in [1.82, 2.24) is 0 Å². The van der Waals surface area contributed by atoms with Crippen molar-refractivity contribution in [2.45, 2.75) is 6.92 Å². The molecule has 0 aliphatic carbocycles. The first-order valence-electron chi connectivity index (χ1n) is 6.02. The number of carbonyl (C=O) groups excluding carboxylic acids is 1. The van der Waals surface area contributed by atoms with Crippen LogP contribution in [0.2, 0.25) is 0 Å². The number of nitrogens with one attached hydrogen (secondary N) is 1. The fourth-order valence-electron chi connectivity index (χ4n) is 1.77. The molecule has 0 fully saturated rings. The largest absolute Gasteiger partial charge is 0.494 e. The monoisotopic (exact) mass is 334 g/mol. The molecule has 0 spiro atoms. The van der Waals surface area contributed by atoms with Crippen LogP contribution in [0.15, 0.2) is 40.9 Å². The van der Waals surface area contributed by atoms with E-state index >= 15 is 0 Å². The van der Waals surface area contributed by atoms with Crippen LogP contribution >= 0.6 is 15.9 Å². The summed E-state index contributed by atoms with van der Waals surface area (Å²) in [5.74, 6) is 0.311. The van der Waals surface area contributed by atoms with E-state index in [0.29, 0.717) is 27.2 Å². The summed E-state index contributed by atoms with van der Waals surface area (Å²) in [6, 6.07) is 10.7. The molecule has 2 aromatic rings. The Hall–Kier alpha value is -2.01. The van der Waals surface area contributed by atoms with Gasteiger partial charge in [-0.15, -0.1) is 0 Å². The summed E-state index contributed by atoms with van der Waals surface area (Å²) in [4.78, 5) is 12.2. The molecule has 0 aliphatic rings. The number of anilines is 2. The molecule has 4 nitrogen and oxygen atoms in total. The standard InChI is InChI=1S/C15H15BrN2O2/c1-9-3-5-10(6-4-9)15(19)18-14-12(16)7-11(17)8-13(14)20-2/h3-8H,17H2,1-2H3,(H,18,19). The topological polar surface area (TPSA) is 64.3 Å². The van der Waals surface area contributed by atoms with Crippen LogP contribution in [-0.4, -0.2) is 13.0 Å². The highest BCUT2D eigenvalue weighted by atomic mass is 79.9. The SMILES string of the molecule is COc1cc(N)cc(Br)c1NC(=O)c1ccc(C)cc1. The third-order valence-electron chi connectivity index (χ3n) is 2.85. The van der Waals surface area contributed by atoms with Crippen molar-refractivity contribution in [3.05, 3.63) is 52.0 Å². The highest BCUT2D eigenvalue weighted by Gasteiger charge is 2.13. The van der Waals surface area contributed by atoms with Gasteiger partial charge in [0.05, 0.1) is 12.8 Å². The first kappa shape index (κ1) is 14.4. The lowest BCUT2D eigenvalue weighted by atomic mass is 10.1. The van der Waals surface area contributed by atoms with Gasteiger partial charge >= 0.3 is 0 Å². The van der Waals surface area contributed by atoms with Crippen LogP contribution in [-0.2, 0) is 0 Å². The first-order valence-corrected chi connectivity index (χ1v) is 6.81. The van der Waals surface area contributed by atoms with Crippen molar-refractivity contribution >= 4 is 33.2 Å². The molecule has 0 radical (unpaired) electrons. The number of aryl methyl sites for hydroxylation is 1. The van der Waals surface area contributed by atoms with Gasteiger partial charge in [0.1, 0.15) is 5.75 Å². The van der Waals surface area contributed by atoms with Crippen molar-refractivity contribution in [3.8, 4) is 5.75 Å². The lowest BCUT2D eigenvalue weighted by Crippen LogP contribution is -2.13. The summed E-state index contributed by atoms with van der Waals surface area (Å²) in [7, 11) is 1.53. The smallest absolute Gasteiger partial charge is 0.255 e. The molecule has 0 aliphatic heterocycles. The minimum absolute atomic E-state index is 0.200. The zero-order valence-corrected chi connectivity index (χ0v) is 12.8. The minimum Gasteiger partial charge on any atom is -0.494 e. The van der Waals surface area contributed by atoms with Crippen LogP contribution in [0.4, 0.5) is 11.4 Å². The molecule has 0 aromatic heterocycles. The van der Waals surface area contributed by atoms with E-state index in [1.54, 1.807) is 24.3 Å². The lowest BCUT2D eigenvalue weighted by molar-refractivity contribution is 0.102. The molecule has 1 amide bonds. The Balaban J connectivity index is 2.30. The van der Waals surface area contributed by atoms with Crippen molar-refractivity contribution in [2.75, 3.05) is 18.2 Å². The maximum absolute atomic E-state index is 12.2. The summed E-state index contributed by atoms with van der Waals surface area (Å²) in [6.45, 7) is 1.97. The van der Waals surface area contributed by atoms with Crippen molar-refractivity contribution < 1.29 is 9.53 Å². The molecule has 2 rings (SSSR count). The molecule has 3 N–H and O–H groups in total. The van der Waals surface area contributed by atoms with E-state index < -0.39 is 0 Å². The van der Waals surface area contributed by atoms with Gasteiger partial charge in [0.25, 0.3) is 5.91 Å². The third-order valence-corrected chi connectivity index (χ3v) is 3.47. The van der Waals surface area contributed by atoms with Gasteiger partial charge in [-0.05, 0) is 41.1 Å². The number of carbonyl (C=O) groups is 1. The third kappa shape index (κ3) is 3.11. The highest BCUT2D eigenvalue weighted by molar-refractivity contribution is 9.10. The Bertz CT molecular complexity index is 639. The molecule has 0 heterocycles. The molecule has 20 heavy (non-hydrogen) atoms. The number of methoxy groups -OCH3 is 1. The van der Waals surface area contributed by atoms with Gasteiger partial charge in [-0.3, -0.25) is 4.79 Å². The van der Waals surface area contributed by atoms with Crippen molar-refractivity contribution in [2.24, 2.45) is 0 Å². The van der Waals surface area contributed by atoms with E-state index in [-0.39, 0.29) is 5.91 Å². The zero-order valence-electron chi connectivity index (χ0n) is 11.2. The van der Waals surface area contributed by atoms with Gasteiger partial charge in [0.2, 0.25) is 0 Å². The minimum atomic E-state index is -0.200. The molecular formula is C15H15BrN2O2. The normalized spacial score (nSPS) is 10.2. The predicted molar refractivity (Wildman–Crippen MR) is 84.2 cm³/mol. The Morgan fingerprint density at radius 2 is 1.90 bits per heavy atom. The van der Waals surface area contributed by atoms with Gasteiger partial charge in [-0.25, -0.2) is 0 Å². The Kier molecular flexibility index (Phi) is 4.29. The fourth-order valence-corrected chi connectivity index (χ4v) is 2.33. The summed E-state index contributed by atoms with van der Waals surface area (Å²) in [5.41, 5.74) is 8.55. The average Bonchev–Trinajstić information content (AvgIpc) is 2.42. The Morgan fingerprint density at radius 1 is 1.25 bits per heavy atom. The number of nitrogens with two attached hydrogens (primary N) is 1. The van der Waals surface area contributed by atoms with Crippen LogP contribution in [0.3, 0.4) is 0 Å². The van der Waals surface area contributed by atoms with Gasteiger partial charge in [0, 0.05) is 21.8 Å². The summed E-state index contributed by atoms with van der Waals surface area (Å²) >= 11 is 3.38. The van der Waals surface area contributed by atoms with Gasteiger partial charge in [-0.1, -0.05) is 17.7 Å². The van der Waals surface area contributed by atoms with E-state index in [2.05, 4.69) is 21.2 Å². The molecule has 2 aromatic carbocycles. The van der Waals surface area contributed by atoms with Crippen LogP contribution in [0.1, 0.15) is 15.9 Å². The maximum atomic E-state index is 12.2. The van der Waals surface area contributed by atoms with Gasteiger partial charge < -0.3 is 15.8 Å². The van der Waals surface area contributed by atoms with Crippen LogP contribution < -0.4 is 15.8 Å². The second-order valence-electron chi connectivity index (χ2n) is 4.40. The average molecular weight is 335 g/mol. The second-order valence-corrected chi connectivity index (χ2v) is 5.25. The van der Waals surface area contributed by atoms with E-state index in [9.17, 15) is 4.79 Å². The Labute approximate surface area is 126 Å². The molecule has 0 unspecified atom stereocenters. The molecule has 0 atom stereocenters. The van der Waals surface area contributed by atoms with Crippen LogP contribution in [0, 0.1) is 6.92 Å². The number of rotatable bonds is 3. The second kappa shape index (κ2) is 5.96.